The van der Waals surface area contributed by atoms with Crippen molar-refractivity contribution in [1.29, 1.82) is 0 Å². The maximum Gasteiger partial charge on any atom is 0.219 e. The van der Waals surface area contributed by atoms with Gasteiger partial charge >= 0.3 is 0 Å². The Morgan fingerprint density at radius 1 is 1.15 bits per heavy atom. The predicted octanol–water partition coefficient (Wildman–Crippen LogP) is 1.68. The summed E-state index contributed by atoms with van der Waals surface area (Å²) in [5.74, 6) is -0.212. The summed E-state index contributed by atoms with van der Waals surface area (Å²) in [5, 5.41) is 10.6. The monoisotopic (exact) mass is 369 g/mol. The van der Waals surface area contributed by atoms with E-state index in [4.69, 9.17) is 11.5 Å². The molecular formula is C20H39N3O3. The summed E-state index contributed by atoms with van der Waals surface area (Å²) >= 11 is 0. The van der Waals surface area contributed by atoms with Gasteiger partial charge in [-0.3, -0.25) is 14.5 Å². The molecule has 1 fully saturated rings. The van der Waals surface area contributed by atoms with Crippen LogP contribution in [0.5, 0.6) is 0 Å². The van der Waals surface area contributed by atoms with Crippen LogP contribution in [-0.4, -0.2) is 54.0 Å². The summed E-state index contributed by atoms with van der Waals surface area (Å²) in [6.07, 6.45) is 6.62. The number of aliphatic hydroxyl groups excluding tert-OH is 1. The SMILES string of the molecule is CC(C)[C@@H](C[C@H](O)[C@@H](N)CC1CCCCC1)C(=O)C(CC(N)=O)N(C)C. The van der Waals surface area contributed by atoms with Crippen molar-refractivity contribution in [3.05, 3.63) is 0 Å². The highest BCUT2D eigenvalue weighted by molar-refractivity contribution is 5.91. The lowest BCUT2D eigenvalue weighted by Crippen LogP contribution is -2.46. The molecule has 0 radical (unpaired) electrons. The van der Waals surface area contributed by atoms with Gasteiger partial charge in [0.2, 0.25) is 5.91 Å². The van der Waals surface area contributed by atoms with Crippen LogP contribution in [0.15, 0.2) is 0 Å². The molecule has 1 unspecified atom stereocenters. The molecular weight excluding hydrogens is 330 g/mol. The van der Waals surface area contributed by atoms with E-state index in [0.717, 1.165) is 6.42 Å². The number of nitrogens with zero attached hydrogens (tertiary/aromatic N) is 1. The molecule has 0 aliphatic heterocycles. The van der Waals surface area contributed by atoms with E-state index in [1.54, 1.807) is 19.0 Å². The third-order valence-corrected chi connectivity index (χ3v) is 5.84. The zero-order chi connectivity index (χ0) is 19.9. The second-order valence-electron chi connectivity index (χ2n) is 8.61. The topological polar surface area (TPSA) is 110 Å². The number of hydrogen-bond acceptors (Lipinski definition) is 5. The normalized spacial score (nSPS) is 20.8. The van der Waals surface area contributed by atoms with E-state index < -0.39 is 18.1 Å². The van der Waals surface area contributed by atoms with Crippen LogP contribution in [-0.2, 0) is 9.59 Å². The molecule has 1 rings (SSSR count). The van der Waals surface area contributed by atoms with Crippen LogP contribution in [0.2, 0.25) is 0 Å². The molecule has 6 heteroatoms. The lowest BCUT2D eigenvalue weighted by Gasteiger charge is -2.32. The van der Waals surface area contributed by atoms with Crippen LogP contribution in [0.1, 0.15) is 65.2 Å². The van der Waals surface area contributed by atoms with E-state index in [0.29, 0.717) is 12.3 Å². The van der Waals surface area contributed by atoms with Crippen molar-refractivity contribution in [3.63, 3.8) is 0 Å². The molecule has 152 valence electrons. The van der Waals surface area contributed by atoms with Crippen molar-refractivity contribution in [3.8, 4) is 0 Å². The lowest BCUT2D eigenvalue weighted by atomic mass is 9.79. The van der Waals surface area contributed by atoms with E-state index in [1.807, 2.05) is 13.8 Å². The third kappa shape index (κ3) is 7.33. The average Bonchev–Trinajstić information content (AvgIpc) is 2.56. The van der Waals surface area contributed by atoms with Crippen molar-refractivity contribution >= 4 is 11.7 Å². The largest absolute Gasteiger partial charge is 0.391 e. The van der Waals surface area contributed by atoms with Crippen LogP contribution < -0.4 is 11.5 Å². The first-order chi connectivity index (χ1) is 12.1. The van der Waals surface area contributed by atoms with Crippen LogP contribution in [0.4, 0.5) is 0 Å². The second-order valence-corrected chi connectivity index (χ2v) is 8.61. The number of carbonyl (C=O) groups excluding carboxylic acids is 2. The molecule has 1 saturated carbocycles. The molecule has 0 saturated heterocycles. The number of hydrogen-bond donors (Lipinski definition) is 3. The Morgan fingerprint density at radius 3 is 2.19 bits per heavy atom. The first-order valence-corrected chi connectivity index (χ1v) is 10.1. The van der Waals surface area contributed by atoms with Crippen molar-refractivity contribution < 1.29 is 14.7 Å². The summed E-state index contributed by atoms with van der Waals surface area (Å²) < 4.78 is 0. The summed E-state index contributed by atoms with van der Waals surface area (Å²) in [6.45, 7) is 3.94. The predicted molar refractivity (Wildman–Crippen MR) is 104 cm³/mol. The van der Waals surface area contributed by atoms with E-state index in [1.165, 1.54) is 32.1 Å². The van der Waals surface area contributed by atoms with E-state index >= 15 is 0 Å². The van der Waals surface area contributed by atoms with Gasteiger partial charge in [-0.1, -0.05) is 46.0 Å². The van der Waals surface area contributed by atoms with Crippen molar-refractivity contribution in [2.75, 3.05) is 14.1 Å². The minimum atomic E-state index is -0.704. The van der Waals surface area contributed by atoms with Gasteiger partial charge in [0.25, 0.3) is 0 Å². The van der Waals surface area contributed by atoms with Crippen LogP contribution in [0.25, 0.3) is 0 Å². The number of rotatable bonds is 11. The molecule has 6 nitrogen and oxygen atoms in total. The summed E-state index contributed by atoms with van der Waals surface area (Å²) in [7, 11) is 3.54. The molecule has 4 atom stereocenters. The number of Topliss-reactive ketones (excluding diaryl/α,β-unsaturated/α-hetero) is 1. The zero-order valence-electron chi connectivity index (χ0n) is 17.0. The maximum atomic E-state index is 13.0. The minimum absolute atomic E-state index is 0.000718. The fourth-order valence-electron chi connectivity index (χ4n) is 4.09. The maximum absolute atomic E-state index is 13.0. The van der Waals surface area contributed by atoms with Gasteiger partial charge in [0.05, 0.1) is 12.1 Å². The smallest absolute Gasteiger partial charge is 0.219 e. The zero-order valence-corrected chi connectivity index (χ0v) is 17.0. The third-order valence-electron chi connectivity index (χ3n) is 5.84. The number of likely N-dealkylation sites (N-methyl/N-ethyl adjacent to an activating group) is 1. The molecule has 26 heavy (non-hydrogen) atoms. The number of primary amides is 1. The molecule has 0 aromatic carbocycles. The summed E-state index contributed by atoms with van der Waals surface area (Å²) in [6, 6.07) is -0.859. The minimum Gasteiger partial charge on any atom is -0.391 e. The highest BCUT2D eigenvalue weighted by atomic mass is 16.3. The molecule has 0 bridgehead atoms. The first kappa shape index (κ1) is 23.1. The highest BCUT2D eigenvalue weighted by Crippen LogP contribution is 2.29. The first-order valence-electron chi connectivity index (χ1n) is 10.1. The van der Waals surface area contributed by atoms with E-state index in [2.05, 4.69) is 0 Å². The molecule has 1 aliphatic carbocycles. The molecule has 0 heterocycles. The molecule has 0 aromatic rings. The number of nitrogens with two attached hydrogens (primary N) is 2. The van der Waals surface area contributed by atoms with Crippen molar-refractivity contribution in [2.24, 2.45) is 29.2 Å². The highest BCUT2D eigenvalue weighted by Gasteiger charge is 2.34. The van der Waals surface area contributed by atoms with Crippen molar-refractivity contribution in [1.82, 2.24) is 4.90 Å². The number of aliphatic hydroxyl groups is 1. The Kier molecular flexibility index (Phi) is 9.75. The van der Waals surface area contributed by atoms with Crippen LogP contribution in [0.3, 0.4) is 0 Å². The Labute approximate surface area is 158 Å². The van der Waals surface area contributed by atoms with Gasteiger partial charge in [0.15, 0.2) is 5.78 Å². The fraction of sp³-hybridized carbons (Fsp3) is 0.900. The Bertz CT molecular complexity index is 448. The Morgan fingerprint density at radius 2 is 1.73 bits per heavy atom. The van der Waals surface area contributed by atoms with Gasteiger partial charge in [0.1, 0.15) is 0 Å². The van der Waals surface area contributed by atoms with Gasteiger partial charge in [-0.15, -0.1) is 0 Å². The second kappa shape index (κ2) is 11.0. The number of amides is 1. The number of carbonyl (C=O) groups is 2. The quantitative estimate of drug-likeness (QED) is 0.513. The lowest BCUT2D eigenvalue weighted by molar-refractivity contribution is -0.133. The molecule has 5 N–H and O–H groups in total. The van der Waals surface area contributed by atoms with Gasteiger partial charge in [-0.05, 0) is 38.8 Å². The Hall–Kier alpha value is -0.980. The number of ketones is 1. The van der Waals surface area contributed by atoms with Crippen molar-refractivity contribution in [2.45, 2.75) is 83.4 Å². The van der Waals surface area contributed by atoms with Crippen LogP contribution in [0, 0.1) is 17.8 Å². The van der Waals surface area contributed by atoms with Crippen LogP contribution >= 0.6 is 0 Å². The average molecular weight is 370 g/mol. The molecule has 1 aliphatic rings. The van der Waals surface area contributed by atoms with Gasteiger partial charge in [-0.2, -0.15) is 0 Å². The summed E-state index contributed by atoms with van der Waals surface area (Å²) in [5.41, 5.74) is 11.6. The molecule has 1 amide bonds. The standard InChI is InChI=1S/C20H39N3O3/c1-13(2)15(20(26)17(23(3)4)12-19(22)25)11-18(24)16(21)10-14-8-6-5-7-9-14/h13-18,24H,5-12,21H2,1-4H3,(H2,22,25)/t15-,16+,17?,18+/m1/s1. The van der Waals surface area contributed by atoms with E-state index in [-0.39, 0.29) is 30.1 Å². The Balaban J connectivity index is 2.72. The molecule has 0 spiro atoms. The summed E-state index contributed by atoms with van der Waals surface area (Å²) in [4.78, 5) is 26.1. The fourth-order valence-corrected chi connectivity index (χ4v) is 4.09. The van der Waals surface area contributed by atoms with Gasteiger partial charge in [-0.25, -0.2) is 0 Å². The van der Waals surface area contributed by atoms with E-state index in [9.17, 15) is 14.7 Å². The van der Waals surface area contributed by atoms with Gasteiger partial charge in [0, 0.05) is 18.4 Å². The van der Waals surface area contributed by atoms with Gasteiger partial charge < -0.3 is 16.6 Å². The molecule has 0 aromatic heterocycles.